The lowest BCUT2D eigenvalue weighted by Crippen LogP contribution is -3.00. The van der Waals surface area contributed by atoms with Gasteiger partial charge in [0.2, 0.25) is 0 Å². The second-order valence-electron chi connectivity index (χ2n) is 17.0. The van der Waals surface area contributed by atoms with Crippen molar-refractivity contribution in [2.24, 2.45) is 0 Å². The average Bonchev–Trinajstić information content (AvgIpc) is 3.14. The van der Waals surface area contributed by atoms with E-state index in [2.05, 4.69) is 66.6 Å². The number of quaternary nitrogens is 2. The van der Waals surface area contributed by atoms with Crippen molar-refractivity contribution >= 4 is 56.4 Å². The van der Waals surface area contributed by atoms with Crippen molar-refractivity contribution in [1.29, 1.82) is 0 Å². The summed E-state index contributed by atoms with van der Waals surface area (Å²) in [4.78, 5) is 28.0. The summed E-state index contributed by atoms with van der Waals surface area (Å²) in [6.07, 6.45) is 6.72. The zero-order valence-electron chi connectivity index (χ0n) is 34.4. The Labute approximate surface area is 349 Å². The van der Waals surface area contributed by atoms with Crippen LogP contribution in [0.2, 0.25) is 0 Å². The van der Waals surface area contributed by atoms with Crippen LogP contribution in [-0.2, 0) is 31.9 Å². The van der Waals surface area contributed by atoms with E-state index >= 15 is 0 Å². The number of allylic oxidation sites excluding steroid dienone is 4. The fraction of sp³-hybridized carbons (Fsp3) is 0.362. The molecule has 0 aromatic heterocycles. The molecule has 2 unspecified atom stereocenters. The molecule has 10 heteroatoms. The number of aliphatic hydroxyl groups is 2. The van der Waals surface area contributed by atoms with Crippen LogP contribution >= 0.6 is 0 Å². The van der Waals surface area contributed by atoms with E-state index in [9.17, 15) is 19.8 Å². The van der Waals surface area contributed by atoms with Gasteiger partial charge in [-0.25, -0.2) is 0 Å². The highest BCUT2D eigenvalue weighted by Crippen LogP contribution is 2.39. The second kappa shape index (κ2) is 18.5. The first-order chi connectivity index (χ1) is 26.0. The number of carbonyl (C=O) groups excluding carboxylic acids is 2. The van der Waals surface area contributed by atoms with Crippen molar-refractivity contribution in [1.82, 2.24) is 0 Å². The van der Waals surface area contributed by atoms with Crippen molar-refractivity contribution in [2.75, 3.05) is 69.6 Å². The van der Waals surface area contributed by atoms with Gasteiger partial charge in [0.1, 0.15) is 11.5 Å². The maximum absolute atomic E-state index is 14.0. The van der Waals surface area contributed by atoms with Crippen LogP contribution in [0.25, 0.3) is 44.8 Å². The van der Waals surface area contributed by atoms with Gasteiger partial charge in [-0.05, 0) is 90.4 Å². The maximum Gasteiger partial charge on any atom is 0.163 e. The van der Waals surface area contributed by atoms with E-state index in [1.807, 2.05) is 48.6 Å². The Bertz CT molecular complexity index is 2120. The lowest BCUT2D eigenvalue weighted by Gasteiger charge is -2.27. The van der Waals surface area contributed by atoms with E-state index < -0.39 is 30.2 Å². The molecule has 0 saturated carbocycles. The van der Waals surface area contributed by atoms with Crippen molar-refractivity contribution in [2.45, 2.75) is 44.3 Å². The molecule has 0 radical (unpaired) electrons. The molecule has 0 amide bonds. The fourth-order valence-corrected chi connectivity index (χ4v) is 7.79. The molecule has 4 aromatic carbocycles. The Hall–Kier alpha value is -4.28. The molecule has 0 heterocycles. The average molecular weight is 816 g/mol. The fourth-order valence-electron chi connectivity index (χ4n) is 7.79. The third kappa shape index (κ3) is 10.6. The number of hydrogen-bond donors (Lipinski definition) is 2. The SMILES string of the molecule is COC1=Cc2c(/C(=C\C(=O)CC(=O)/C=C(\c3ccc4cccc5c4c3C=C(OC)C5)C(O)CC[N+](C)(C)C)C(O)CC[N+](C)(C)C)ccc3cccc(c23)C1.[Cl-].[Cl-]. The minimum absolute atomic E-state index is 0. The monoisotopic (exact) mass is 814 g/mol. The van der Waals surface area contributed by atoms with E-state index in [-0.39, 0.29) is 24.8 Å². The highest BCUT2D eigenvalue weighted by Gasteiger charge is 2.27. The number of nitrogens with zero attached hydrogens (tertiary/aromatic N) is 2. The van der Waals surface area contributed by atoms with Crippen molar-refractivity contribution in [3.63, 3.8) is 0 Å². The molecule has 0 fully saturated rings. The molecule has 2 aliphatic rings. The number of ether oxygens (including phenoxy) is 2. The first-order valence-electron chi connectivity index (χ1n) is 19.1. The van der Waals surface area contributed by atoms with Crippen LogP contribution < -0.4 is 24.8 Å². The molecule has 6 rings (SSSR count). The Morgan fingerprint density at radius 2 is 1.02 bits per heavy atom. The number of carbonyl (C=O) groups is 2. The molecule has 0 saturated heterocycles. The van der Waals surface area contributed by atoms with Gasteiger partial charge in [-0.2, -0.15) is 0 Å². The van der Waals surface area contributed by atoms with Gasteiger partial charge in [0.15, 0.2) is 11.6 Å². The number of rotatable bonds is 16. The van der Waals surface area contributed by atoms with Gasteiger partial charge in [0, 0.05) is 25.7 Å². The molecule has 2 atom stereocenters. The number of aliphatic hydroxyl groups excluding tert-OH is 2. The van der Waals surface area contributed by atoms with Gasteiger partial charge in [0.05, 0.1) is 88.2 Å². The summed E-state index contributed by atoms with van der Waals surface area (Å²) in [5, 5.41) is 27.8. The van der Waals surface area contributed by atoms with Gasteiger partial charge in [0.25, 0.3) is 0 Å². The molecule has 57 heavy (non-hydrogen) atoms. The van der Waals surface area contributed by atoms with Crippen molar-refractivity contribution in [3.8, 4) is 0 Å². The number of ketones is 2. The molecular weight excluding hydrogens is 759 g/mol. The molecule has 2 aliphatic carbocycles. The van der Waals surface area contributed by atoms with Crippen LogP contribution in [0.1, 0.15) is 52.6 Å². The normalized spacial score (nSPS) is 15.2. The van der Waals surface area contributed by atoms with Crippen LogP contribution in [-0.4, -0.2) is 113 Å². The quantitative estimate of drug-likeness (QED) is 0.0998. The largest absolute Gasteiger partial charge is 1.00 e. The third-order valence-corrected chi connectivity index (χ3v) is 10.7. The number of halogens is 2. The number of methoxy groups -OCH3 is 2. The van der Waals surface area contributed by atoms with E-state index in [0.717, 1.165) is 66.4 Å². The maximum atomic E-state index is 14.0. The third-order valence-electron chi connectivity index (χ3n) is 10.7. The minimum Gasteiger partial charge on any atom is -1.00 e. The predicted octanol–water partition coefficient (Wildman–Crippen LogP) is 0.998. The van der Waals surface area contributed by atoms with Crippen LogP contribution in [0.15, 0.2) is 84.3 Å². The summed E-state index contributed by atoms with van der Waals surface area (Å²) in [6, 6.07) is 20.3. The minimum atomic E-state index is -0.955. The number of benzene rings is 4. The van der Waals surface area contributed by atoms with Crippen LogP contribution in [0.5, 0.6) is 0 Å². The summed E-state index contributed by atoms with van der Waals surface area (Å²) in [5.41, 5.74) is 6.44. The lowest BCUT2D eigenvalue weighted by atomic mass is 9.84. The highest BCUT2D eigenvalue weighted by molar-refractivity contribution is 6.14. The summed E-state index contributed by atoms with van der Waals surface area (Å²) < 4.78 is 12.7. The van der Waals surface area contributed by atoms with Gasteiger partial charge >= 0.3 is 0 Å². The Kier molecular flexibility index (Phi) is 14.8. The second-order valence-corrected chi connectivity index (χ2v) is 17.0. The molecule has 304 valence electrons. The Morgan fingerprint density at radius 1 is 0.632 bits per heavy atom. The summed E-state index contributed by atoms with van der Waals surface area (Å²) in [7, 11) is 15.7. The molecule has 4 aromatic rings. The van der Waals surface area contributed by atoms with Crippen molar-refractivity contribution in [3.05, 3.63) is 118 Å². The zero-order valence-corrected chi connectivity index (χ0v) is 35.9. The zero-order chi connectivity index (χ0) is 39.7. The number of hydrogen-bond acceptors (Lipinski definition) is 6. The van der Waals surface area contributed by atoms with Gasteiger partial charge in [-0.3, -0.25) is 9.59 Å². The predicted molar refractivity (Wildman–Crippen MR) is 223 cm³/mol. The highest BCUT2D eigenvalue weighted by atomic mass is 35.5. The Morgan fingerprint density at radius 3 is 1.37 bits per heavy atom. The molecule has 8 nitrogen and oxygen atoms in total. The van der Waals surface area contributed by atoms with Crippen LogP contribution in [0.3, 0.4) is 0 Å². The summed E-state index contributed by atoms with van der Waals surface area (Å²) in [6.45, 7) is 1.34. The molecule has 2 N–H and O–H groups in total. The topological polar surface area (TPSA) is 93.1 Å². The standard InChI is InChI=1S/C47H56N2O6.2ClH/c1-48(2,3)21-19-44(52)40(38-17-15-30-11-9-13-32-23-36(54-7)28-42(38)46(30)32)26-34(50)25-35(51)27-41(45(53)20-22-49(4,5)6)39-18-16-31-12-10-14-33-24-37(55-8)29-43(39)47(31)33;;/h9-18,26-29,44-45,52-53H,19-25H2,1-8H3;2*1H/q+2;;/p-2/b40-26+,41-27+;;. The van der Waals surface area contributed by atoms with Crippen LogP contribution in [0, 0.1) is 0 Å². The van der Waals surface area contributed by atoms with Gasteiger partial charge in [-0.15, -0.1) is 0 Å². The van der Waals surface area contributed by atoms with E-state index in [4.69, 9.17) is 9.47 Å². The van der Waals surface area contributed by atoms with Crippen molar-refractivity contribution < 1.29 is 63.1 Å². The molecule has 0 spiro atoms. The summed E-state index contributed by atoms with van der Waals surface area (Å²) in [5.74, 6) is 0.749. The van der Waals surface area contributed by atoms with Gasteiger partial charge < -0.3 is 53.5 Å². The molecular formula is C47H56Cl2N2O6. The van der Waals surface area contributed by atoms with E-state index in [0.29, 0.717) is 58.9 Å². The first kappa shape index (κ1) is 45.4. The summed E-state index contributed by atoms with van der Waals surface area (Å²) >= 11 is 0. The van der Waals surface area contributed by atoms with Gasteiger partial charge in [-0.1, -0.05) is 60.7 Å². The lowest BCUT2D eigenvalue weighted by molar-refractivity contribution is -0.870. The Balaban J connectivity index is 0.00000360. The van der Waals surface area contributed by atoms with Crippen LogP contribution in [0.4, 0.5) is 0 Å². The first-order valence-corrected chi connectivity index (χ1v) is 19.1. The molecule has 0 aliphatic heterocycles. The molecule has 0 bridgehead atoms. The smallest absolute Gasteiger partial charge is 0.163 e. The van der Waals surface area contributed by atoms with E-state index in [1.54, 1.807) is 14.2 Å². The van der Waals surface area contributed by atoms with E-state index in [1.165, 1.54) is 12.2 Å².